The van der Waals surface area contributed by atoms with Crippen molar-refractivity contribution >= 4 is 46.4 Å². The van der Waals surface area contributed by atoms with Crippen LogP contribution in [0, 0.1) is 0 Å². The summed E-state index contributed by atoms with van der Waals surface area (Å²) in [7, 11) is 0. The van der Waals surface area contributed by atoms with Gasteiger partial charge in [0.2, 0.25) is 0 Å². The van der Waals surface area contributed by atoms with E-state index in [4.69, 9.17) is 46.4 Å². The van der Waals surface area contributed by atoms with Crippen LogP contribution in [-0.2, 0) is 0 Å². The molecule has 0 N–H and O–H groups in total. The third-order valence-corrected chi connectivity index (χ3v) is 2.90. The summed E-state index contributed by atoms with van der Waals surface area (Å²) in [5.74, 6) is 0. The zero-order valence-electron chi connectivity index (χ0n) is 6.72. The lowest BCUT2D eigenvalue weighted by atomic mass is 10.3. The van der Waals surface area contributed by atoms with Gasteiger partial charge in [-0.15, -0.1) is 0 Å². The second kappa shape index (κ2) is 5.18. The molecule has 0 amide bonds. The zero-order valence-corrected chi connectivity index (χ0v) is 9.74. The number of hydrogen-bond acceptors (Lipinski definition) is 0. The van der Waals surface area contributed by atoms with Crippen molar-refractivity contribution in [2.75, 3.05) is 0 Å². The SMILES string of the molecule is C=C(C)/C(Cl)=C(Cl)\C(Cl)=C(/C)Cl. The molecule has 0 rings (SSSR count). The summed E-state index contributed by atoms with van der Waals surface area (Å²) >= 11 is 22.9. The second-order valence-corrected chi connectivity index (χ2v) is 3.96. The predicted octanol–water partition coefficient (Wildman–Crippen LogP) is 4.96. The molecule has 0 aliphatic rings. The molecule has 0 aliphatic carbocycles. The monoisotopic (exact) mass is 244 g/mol. The number of rotatable bonds is 2. The maximum Gasteiger partial charge on any atom is 0.0792 e. The van der Waals surface area contributed by atoms with Gasteiger partial charge in [0.25, 0.3) is 0 Å². The lowest BCUT2D eigenvalue weighted by molar-refractivity contribution is 1.49. The Morgan fingerprint density at radius 1 is 0.833 bits per heavy atom. The minimum Gasteiger partial charge on any atom is -0.0946 e. The molecule has 4 heteroatoms. The summed E-state index contributed by atoms with van der Waals surface area (Å²) in [5, 5.41) is 1.23. The third kappa shape index (κ3) is 3.40. The molecule has 68 valence electrons. The molecule has 0 heterocycles. The average Bonchev–Trinajstić information content (AvgIpc) is 2.00. The van der Waals surface area contributed by atoms with Gasteiger partial charge in [0.15, 0.2) is 0 Å². The fraction of sp³-hybridized carbons (Fsp3) is 0.250. The van der Waals surface area contributed by atoms with Crippen LogP contribution in [0.25, 0.3) is 0 Å². The van der Waals surface area contributed by atoms with Crippen molar-refractivity contribution in [2.24, 2.45) is 0 Å². The molecule has 0 bridgehead atoms. The Balaban J connectivity index is 5.06. The first kappa shape index (κ1) is 12.4. The molecule has 0 unspecified atom stereocenters. The average molecular weight is 246 g/mol. The van der Waals surface area contributed by atoms with Crippen LogP contribution in [0.1, 0.15) is 13.8 Å². The van der Waals surface area contributed by atoms with Crippen molar-refractivity contribution in [3.05, 3.63) is 32.3 Å². The van der Waals surface area contributed by atoms with Gasteiger partial charge in [0.1, 0.15) is 0 Å². The minimum atomic E-state index is 0.235. The van der Waals surface area contributed by atoms with Crippen LogP contribution in [0.2, 0.25) is 0 Å². The fourth-order valence-electron chi connectivity index (χ4n) is 0.435. The van der Waals surface area contributed by atoms with Gasteiger partial charge >= 0.3 is 0 Å². The third-order valence-electron chi connectivity index (χ3n) is 1.06. The van der Waals surface area contributed by atoms with E-state index in [0.29, 0.717) is 15.6 Å². The minimum absolute atomic E-state index is 0.235. The lowest BCUT2D eigenvalue weighted by Gasteiger charge is -2.02. The molecule has 0 spiro atoms. The zero-order chi connectivity index (χ0) is 9.89. The van der Waals surface area contributed by atoms with Crippen LogP contribution in [0.3, 0.4) is 0 Å². The van der Waals surface area contributed by atoms with Crippen molar-refractivity contribution < 1.29 is 0 Å². The predicted molar refractivity (Wildman–Crippen MR) is 58.0 cm³/mol. The van der Waals surface area contributed by atoms with Gasteiger partial charge in [-0.25, -0.2) is 0 Å². The van der Waals surface area contributed by atoms with Gasteiger partial charge in [-0.2, -0.15) is 0 Å². The normalized spacial score (nSPS) is 15.2. The quantitative estimate of drug-likeness (QED) is 0.604. The topological polar surface area (TPSA) is 0 Å². The highest BCUT2D eigenvalue weighted by atomic mass is 35.5. The highest BCUT2D eigenvalue weighted by molar-refractivity contribution is 6.51. The molecule has 0 aliphatic heterocycles. The van der Waals surface area contributed by atoms with E-state index in [1.54, 1.807) is 13.8 Å². The Morgan fingerprint density at radius 3 is 1.50 bits per heavy atom. The molecular weight excluding hydrogens is 238 g/mol. The van der Waals surface area contributed by atoms with E-state index in [9.17, 15) is 0 Å². The highest BCUT2D eigenvalue weighted by Gasteiger charge is 2.08. The molecule has 0 atom stereocenters. The van der Waals surface area contributed by atoms with E-state index in [1.165, 1.54) is 0 Å². The molecule has 0 saturated carbocycles. The van der Waals surface area contributed by atoms with E-state index in [-0.39, 0.29) is 10.1 Å². The maximum absolute atomic E-state index is 5.78. The smallest absolute Gasteiger partial charge is 0.0792 e. The van der Waals surface area contributed by atoms with Crippen LogP contribution in [0.15, 0.2) is 32.3 Å². The van der Waals surface area contributed by atoms with E-state index in [2.05, 4.69) is 6.58 Å². The van der Waals surface area contributed by atoms with Crippen LogP contribution >= 0.6 is 46.4 Å². The van der Waals surface area contributed by atoms with Crippen LogP contribution in [-0.4, -0.2) is 0 Å². The molecule has 12 heavy (non-hydrogen) atoms. The van der Waals surface area contributed by atoms with Gasteiger partial charge in [0.05, 0.1) is 15.1 Å². The van der Waals surface area contributed by atoms with Crippen molar-refractivity contribution in [1.29, 1.82) is 0 Å². The van der Waals surface area contributed by atoms with Crippen LogP contribution < -0.4 is 0 Å². The Kier molecular flexibility index (Phi) is 5.35. The standard InChI is InChI=1S/C8H8Cl4/c1-4(2)6(10)8(12)7(11)5(3)9/h1H2,2-3H3/b7-5-,8-6-. The van der Waals surface area contributed by atoms with Crippen molar-refractivity contribution in [3.8, 4) is 0 Å². The Morgan fingerprint density at radius 2 is 1.25 bits per heavy atom. The van der Waals surface area contributed by atoms with Crippen molar-refractivity contribution in [1.82, 2.24) is 0 Å². The Labute approximate surface area is 92.4 Å². The second-order valence-electron chi connectivity index (χ2n) is 2.26. The number of allylic oxidation sites excluding steroid dienone is 5. The van der Waals surface area contributed by atoms with Gasteiger partial charge in [-0.3, -0.25) is 0 Å². The van der Waals surface area contributed by atoms with Crippen LogP contribution in [0.5, 0.6) is 0 Å². The molecule has 0 aromatic heterocycles. The van der Waals surface area contributed by atoms with Gasteiger partial charge in [-0.1, -0.05) is 53.0 Å². The lowest BCUT2D eigenvalue weighted by Crippen LogP contribution is -1.82. The fourth-order valence-corrected chi connectivity index (χ4v) is 1.12. The Hall–Kier alpha value is 0.380. The van der Waals surface area contributed by atoms with E-state index >= 15 is 0 Å². The molecule has 0 fully saturated rings. The Bertz CT molecular complexity index is 256. The first-order valence-corrected chi connectivity index (χ1v) is 4.62. The van der Waals surface area contributed by atoms with Crippen molar-refractivity contribution in [2.45, 2.75) is 13.8 Å². The summed E-state index contributed by atoms with van der Waals surface area (Å²) in [6.07, 6.45) is 0. The highest BCUT2D eigenvalue weighted by Crippen LogP contribution is 2.31. The van der Waals surface area contributed by atoms with Gasteiger partial charge in [0, 0.05) is 5.03 Å². The molecule has 0 aromatic carbocycles. The first-order chi connectivity index (χ1) is 5.37. The molecule has 0 saturated heterocycles. The summed E-state index contributed by atoms with van der Waals surface area (Å²) in [4.78, 5) is 0. The van der Waals surface area contributed by atoms with E-state index in [1.807, 2.05) is 0 Å². The summed E-state index contributed by atoms with van der Waals surface area (Å²) in [5.41, 5.74) is 0.651. The molecule has 0 radical (unpaired) electrons. The maximum atomic E-state index is 5.78. The molecular formula is C8H8Cl4. The van der Waals surface area contributed by atoms with Gasteiger partial charge in [-0.05, 0) is 19.4 Å². The van der Waals surface area contributed by atoms with E-state index in [0.717, 1.165) is 0 Å². The van der Waals surface area contributed by atoms with E-state index < -0.39 is 0 Å². The molecule has 0 aromatic rings. The van der Waals surface area contributed by atoms with Crippen molar-refractivity contribution in [3.63, 3.8) is 0 Å². The summed E-state index contributed by atoms with van der Waals surface area (Å²) < 4.78 is 0. The largest absolute Gasteiger partial charge is 0.0946 e. The van der Waals surface area contributed by atoms with Crippen LogP contribution in [0.4, 0.5) is 0 Å². The number of hydrogen-bond donors (Lipinski definition) is 0. The first-order valence-electron chi connectivity index (χ1n) is 3.11. The number of halogens is 4. The summed E-state index contributed by atoms with van der Waals surface area (Å²) in [6, 6.07) is 0. The summed E-state index contributed by atoms with van der Waals surface area (Å²) in [6.45, 7) is 6.99. The van der Waals surface area contributed by atoms with Gasteiger partial charge < -0.3 is 0 Å². The molecule has 0 nitrogen and oxygen atoms in total.